The van der Waals surface area contributed by atoms with Gasteiger partial charge in [-0.15, -0.1) is 28.1 Å². The fourth-order valence-electron chi connectivity index (χ4n) is 2.46. The number of hydrogen-bond acceptors (Lipinski definition) is 5. The highest BCUT2D eigenvalue weighted by atomic mass is 79.9. The number of hydrogen-bond donors (Lipinski definition) is 0. The molecule has 0 unspecified atom stereocenters. The molecular weight excluding hydrogens is 444 g/mol. The van der Waals surface area contributed by atoms with E-state index < -0.39 is 0 Å². The number of amides is 1. The summed E-state index contributed by atoms with van der Waals surface area (Å²) in [6, 6.07) is 11.9. The van der Waals surface area contributed by atoms with Gasteiger partial charge >= 0.3 is 0 Å². The van der Waals surface area contributed by atoms with Gasteiger partial charge in [0.2, 0.25) is 5.91 Å². The highest BCUT2D eigenvalue weighted by Crippen LogP contribution is 2.25. The number of halogens is 1. The fraction of sp³-hybridized carbons (Fsp3) is 0.211. The second-order valence-corrected chi connectivity index (χ2v) is 8.72. The topological polar surface area (TPSA) is 51.0 Å². The maximum atomic E-state index is 12.5. The molecule has 0 saturated heterocycles. The van der Waals surface area contributed by atoms with Crippen molar-refractivity contribution >= 4 is 44.9 Å². The molecule has 0 aliphatic rings. The minimum absolute atomic E-state index is 0.0618. The van der Waals surface area contributed by atoms with E-state index in [1.807, 2.05) is 53.4 Å². The first-order valence-corrected chi connectivity index (χ1v) is 10.9. The molecule has 2 heterocycles. The third-order valence-electron chi connectivity index (χ3n) is 3.85. The molecule has 0 atom stereocenters. The van der Waals surface area contributed by atoms with Crippen molar-refractivity contribution in [3.05, 3.63) is 63.8 Å². The summed E-state index contributed by atoms with van der Waals surface area (Å²) in [5.41, 5.74) is 0.973. The molecule has 2 aromatic heterocycles. The average Bonchev–Trinajstić information content (AvgIpc) is 3.31. The number of aromatic nitrogens is 3. The predicted octanol–water partition coefficient (Wildman–Crippen LogP) is 4.71. The van der Waals surface area contributed by atoms with Gasteiger partial charge in [0.25, 0.3) is 0 Å². The van der Waals surface area contributed by atoms with Gasteiger partial charge in [-0.3, -0.25) is 9.36 Å². The molecule has 0 N–H and O–H groups in total. The summed E-state index contributed by atoms with van der Waals surface area (Å²) < 4.78 is 2.99. The van der Waals surface area contributed by atoms with Crippen LogP contribution < -0.4 is 0 Å². The Morgan fingerprint density at radius 3 is 2.78 bits per heavy atom. The molecule has 140 valence electrons. The van der Waals surface area contributed by atoms with E-state index in [9.17, 15) is 4.79 Å². The largest absolute Gasteiger partial charge is 0.340 e. The fourth-order valence-corrected chi connectivity index (χ4v) is 4.37. The molecule has 0 aliphatic carbocycles. The van der Waals surface area contributed by atoms with Crippen molar-refractivity contribution < 1.29 is 4.79 Å². The second-order valence-electron chi connectivity index (χ2n) is 5.83. The number of carbonyl (C=O) groups excluding carboxylic acids is 1. The van der Waals surface area contributed by atoms with E-state index in [4.69, 9.17) is 0 Å². The van der Waals surface area contributed by atoms with Crippen molar-refractivity contribution in [2.45, 2.75) is 18.2 Å². The molecule has 0 radical (unpaired) electrons. The van der Waals surface area contributed by atoms with Crippen LogP contribution in [0.25, 0.3) is 11.4 Å². The highest BCUT2D eigenvalue weighted by Gasteiger charge is 2.16. The minimum atomic E-state index is 0.0618. The van der Waals surface area contributed by atoms with E-state index >= 15 is 0 Å². The molecule has 1 aromatic carbocycles. The van der Waals surface area contributed by atoms with E-state index in [0.29, 0.717) is 24.0 Å². The summed E-state index contributed by atoms with van der Waals surface area (Å²) in [4.78, 5) is 15.4. The smallest absolute Gasteiger partial charge is 0.233 e. The van der Waals surface area contributed by atoms with Crippen LogP contribution in [-0.2, 0) is 17.9 Å². The number of thioether (sulfide) groups is 1. The summed E-state index contributed by atoms with van der Waals surface area (Å²) >= 11 is 6.50. The molecule has 0 saturated carbocycles. The van der Waals surface area contributed by atoms with E-state index in [2.05, 4.69) is 32.7 Å². The first kappa shape index (κ1) is 19.9. The lowest BCUT2D eigenvalue weighted by atomic mass is 10.2. The zero-order chi connectivity index (χ0) is 19.2. The Morgan fingerprint density at radius 2 is 2.11 bits per heavy atom. The number of benzene rings is 1. The Kier molecular flexibility index (Phi) is 6.87. The number of allylic oxidation sites excluding steroid dienone is 1. The van der Waals surface area contributed by atoms with Crippen LogP contribution in [0.3, 0.4) is 0 Å². The van der Waals surface area contributed by atoms with E-state index in [1.165, 1.54) is 16.6 Å². The van der Waals surface area contributed by atoms with Crippen molar-refractivity contribution in [3.8, 4) is 11.4 Å². The molecule has 8 heteroatoms. The Morgan fingerprint density at radius 1 is 1.33 bits per heavy atom. The molecule has 1 amide bonds. The second kappa shape index (κ2) is 9.34. The van der Waals surface area contributed by atoms with Crippen molar-refractivity contribution in [1.29, 1.82) is 0 Å². The molecule has 27 heavy (non-hydrogen) atoms. The summed E-state index contributed by atoms with van der Waals surface area (Å²) in [7, 11) is 1.82. The Labute approximate surface area is 175 Å². The first-order valence-electron chi connectivity index (χ1n) is 8.27. The van der Waals surface area contributed by atoms with E-state index in [0.717, 1.165) is 15.9 Å². The van der Waals surface area contributed by atoms with Gasteiger partial charge in [-0.05, 0) is 23.6 Å². The Balaban J connectivity index is 1.70. The molecule has 3 rings (SSSR count). The van der Waals surface area contributed by atoms with Gasteiger partial charge in [0.15, 0.2) is 11.0 Å². The summed E-state index contributed by atoms with van der Waals surface area (Å²) in [6.07, 6.45) is 1.81. The lowest BCUT2D eigenvalue weighted by Crippen LogP contribution is -2.27. The van der Waals surface area contributed by atoms with Gasteiger partial charge in [0, 0.05) is 28.5 Å². The van der Waals surface area contributed by atoms with Crippen molar-refractivity contribution in [1.82, 2.24) is 19.7 Å². The Hall–Kier alpha value is -1.90. The van der Waals surface area contributed by atoms with Crippen LogP contribution in [0.1, 0.15) is 4.88 Å². The van der Waals surface area contributed by atoms with Gasteiger partial charge in [0.05, 0.1) is 12.3 Å². The maximum Gasteiger partial charge on any atom is 0.233 e. The molecule has 5 nitrogen and oxygen atoms in total. The molecule has 0 fully saturated rings. The SMILES string of the molecule is C=CCn1c(SCC(=O)N(C)Cc2cccs2)nnc1-c1ccc(Br)cc1. The number of rotatable bonds is 8. The van der Waals surface area contributed by atoms with Crippen molar-refractivity contribution in [2.24, 2.45) is 0 Å². The zero-order valence-corrected chi connectivity index (χ0v) is 18.1. The van der Waals surface area contributed by atoms with Crippen LogP contribution >= 0.6 is 39.0 Å². The maximum absolute atomic E-state index is 12.5. The van der Waals surface area contributed by atoms with Crippen LogP contribution in [0.5, 0.6) is 0 Å². The monoisotopic (exact) mass is 462 g/mol. The molecular formula is C19H19BrN4OS2. The molecule has 0 bridgehead atoms. The van der Waals surface area contributed by atoms with E-state index in [1.54, 1.807) is 22.3 Å². The Bertz CT molecular complexity index is 906. The number of carbonyl (C=O) groups is 1. The van der Waals surface area contributed by atoms with Crippen molar-refractivity contribution in [2.75, 3.05) is 12.8 Å². The third kappa shape index (κ3) is 5.09. The van der Waals surface area contributed by atoms with Gasteiger partial charge in [-0.1, -0.05) is 52.0 Å². The van der Waals surface area contributed by atoms with Gasteiger partial charge in [0.1, 0.15) is 0 Å². The minimum Gasteiger partial charge on any atom is -0.340 e. The van der Waals surface area contributed by atoms with Crippen LogP contribution in [0.4, 0.5) is 0 Å². The van der Waals surface area contributed by atoms with Crippen LogP contribution in [0.15, 0.2) is 64.1 Å². The summed E-state index contributed by atoms with van der Waals surface area (Å²) in [5, 5.41) is 11.3. The van der Waals surface area contributed by atoms with Crippen LogP contribution in [0.2, 0.25) is 0 Å². The first-order chi connectivity index (χ1) is 13.1. The quantitative estimate of drug-likeness (QED) is 0.359. The van der Waals surface area contributed by atoms with E-state index in [-0.39, 0.29) is 5.91 Å². The number of nitrogens with zero attached hydrogens (tertiary/aromatic N) is 4. The standard InChI is InChI=1S/C19H19BrN4OS2/c1-3-10-24-18(14-6-8-15(20)9-7-14)21-22-19(24)27-13-17(25)23(2)12-16-5-4-11-26-16/h3-9,11H,1,10,12-13H2,2H3. The third-order valence-corrected chi connectivity index (χ3v) is 6.20. The van der Waals surface area contributed by atoms with Crippen LogP contribution in [0, 0.1) is 0 Å². The molecule has 0 aliphatic heterocycles. The summed E-state index contributed by atoms with van der Waals surface area (Å²) in [5.74, 6) is 1.15. The average molecular weight is 463 g/mol. The summed E-state index contributed by atoms with van der Waals surface area (Å²) in [6.45, 7) is 5.03. The predicted molar refractivity (Wildman–Crippen MR) is 115 cm³/mol. The lowest BCUT2D eigenvalue weighted by Gasteiger charge is -2.16. The normalized spacial score (nSPS) is 10.7. The zero-order valence-electron chi connectivity index (χ0n) is 14.8. The molecule has 0 spiro atoms. The van der Waals surface area contributed by atoms with Gasteiger partial charge in [-0.25, -0.2) is 0 Å². The lowest BCUT2D eigenvalue weighted by molar-refractivity contribution is -0.127. The highest BCUT2D eigenvalue weighted by molar-refractivity contribution is 9.10. The van der Waals surface area contributed by atoms with Crippen molar-refractivity contribution in [3.63, 3.8) is 0 Å². The number of thiophene rings is 1. The molecule has 3 aromatic rings. The van der Waals surface area contributed by atoms with Crippen LogP contribution in [-0.4, -0.2) is 38.4 Å². The van der Waals surface area contributed by atoms with Gasteiger partial charge in [-0.2, -0.15) is 0 Å². The van der Waals surface area contributed by atoms with Gasteiger partial charge < -0.3 is 4.90 Å².